The van der Waals surface area contributed by atoms with Crippen LogP contribution in [0.2, 0.25) is 0 Å². The SMILES string of the molecule is CCCCCCC(O)(CCCCCC)CCCCOC(=O)CCN(C)C. The zero-order valence-corrected chi connectivity index (χ0v) is 18.0. The third-order valence-electron chi connectivity index (χ3n) is 5.05. The Labute approximate surface area is 162 Å². The smallest absolute Gasteiger partial charge is 0.307 e. The zero-order chi connectivity index (χ0) is 19.7. The molecule has 0 fully saturated rings. The van der Waals surface area contributed by atoms with Gasteiger partial charge < -0.3 is 14.7 Å². The standard InChI is InChI=1S/C22H45NO3/c1-5-7-9-11-16-22(25,17-12-10-8-6-2)18-13-14-20-26-21(24)15-19-23(3)4/h25H,5-20H2,1-4H3. The predicted octanol–water partition coefficient (Wildman–Crippen LogP) is 5.32. The molecule has 0 saturated heterocycles. The summed E-state index contributed by atoms with van der Waals surface area (Å²) in [6.45, 7) is 5.65. The second-order valence-corrected chi connectivity index (χ2v) is 8.08. The highest BCUT2D eigenvalue weighted by Crippen LogP contribution is 2.28. The van der Waals surface area contributed by atoms with Gasteiger partial charge in [0.15, 0.2) is 0 Å². The van der Waals surface area contributed by atoms with Crippen molar-refractivity contribution in [2.45, 2.75) is 109 Å². The Morgan fingerprint density at radius 1 is 0.846 bits per heavy atom. The van der Waals surface area contributed by atoms with Gasteiger partial charge >= 0.3 is 5.97 Å². The maximum atomic E-state index is 11.6. The fourth-order valence-corrected chi connectivity index (χ4v) is 3.27. The summed E-state index contributed by atoms with van der Waals surface area (Å²) in [5, 5.41) is 11.1. The molecule has 0 aliphatic heterocycles. The minimum Gasteiger partial charge on any atom is -0.466 e. The van der Waals surface area contributed by atoms with Crippen molar-refractivity contribution < 1.29 is 14.6 Å². The van der Waals surface area contributed by atoms with Crippen LogP contribution >= 0.6 is 0 Å². The second-order valence-electron chi connectivity index (χ2n) is 8.08. The average molecular weight is 372 g/mol. The van der Waals surface area contributed by atoms with E-state index in [0.717, 1.165) is 51.5 Å². The average Bonchev–Trinajstić information content (AvgIpc) is 2.60. The lowest BCUT2D eigenvalue weighted by Crippen LogP contribution is -2.28. The van der Waals surface area contributed by atoms with Gasteiger partial charge in [-0.15, -0.1) is 0 Å². The van der Waals surface area contributed by atoms with Gasteiger partial charge in [0.1, 0.15) is 0 Å². The molecule has 0 unspecified atom stereocenters. The highest BCUT2D eigenvalue weighted by atomic mass is 16.5. The quantitative estimate of drug-likeness (QED) is 0.261. The molecule has 0 aromatic heterocycles. The molecule has 1 N–H and O–H groups in total. The van der Waals surface area contributed by atoms with Gasteiger partial charge in [-0.25, -0.2) is 0 Å². The summed E-state index contributed by atoms with van der Waals surface area (Å²) in [5.74, 6) is -0.118. The summed E-state index contributed by atoms with van der Waals surface area (Å²) in [5.41, 5.74) is -0.517. The molecule has 4 nitrogen and oxygen atoms in total. The number of ether oxygens (including phenoxy) is 1. The second kappa shape index (κ2) is 16.6. The minimum atomic E-state index is -0.517. The monoisotopic (exact) mass is 371 g/mol. The number of rotatable bonds is 18. The predicted molar refractivity (Wildman–Crippen MR) is 110 cm³/mol. The molecule has 0 amide bonds. The third kappa shape index (κ3) is 15.6. The van der Waals surface area contributed by atoms with Crippen LogP contribution in [-0.2, 0) is 9.53 Å². The third-order valence-corrected chi connectivity index (χ3v) is 5.05. The van der Waals surface area contributed by atoms with Gasteiger partial charge in [0.2, 0.25) is 0 Å². The first-order valence-corrected chi connectivity index (χ1v) is 11.0. The molecule has 0 spiro atoms. The molecule has 26 heavy (non-hydrogen) atoms. The maximum Gasteiger partial charge on any atom is 0.307 e. The molecule has 0 atom stereocenters. The topological polar surface area (TPSA) is 49.8 Å². The summed E-state index contributed by atoms with van der Waals surface area (Å²) < 4.78 is 5.29. The van der Waals surface area contributed by atoms with Gasteiger partial charge in [-0.3, -0.25) is 4.79 Å². The van der Waals surface area contributed by atoms with Crippen molar-refractivity contribution in [1.82, 2.24) is 4.90 Å². The van der Waals surface area contributed by atoms with Gasteiger partial charge in [-0.2, -0.15) is 0 Å². The van der Waals surface area contributed by atoms with E-state index in [1.54, 1.807) is 0 Å². The Morgan fingerprint density at radius 3 is 1.81 bits per heavy atom. The fraction of sp³-hybridized carbons (Fsp3) is 0.955. The summed E-state index contributed by atoms with van der Waals surface area (Å²) in [6, 6.07) is 0. The van der Waals surface area contributed by atoms with Crippen LogP contribution in [0.1, 0.15) is 104 Å². The highest BCUT2D eigenvalue weighted by molar-refractivity contribution is 5.69. The zero-order valence-electron chi connectivity index (χ0n) is 18.0. The number of hydrogen-bond acceptors (Lipinski definition) is 4. The van der Waals surface area contributed by atoms with E-state index in [9.17, 15) is 9.90 Å². The van der Waals surface area contributed by atoms with Crippen LogP contribution < -0.4 is 0 Å². The van der Waals surface area contributed by atoms with Crippen molar-refractivity contribution in [2.24, 2.45) is 0 Å². The van der Waals surface area contributed by atoms with Crippen LogP contribution in [-0.4, -0.2) is 48.8 Å². The summed E-state index contributed by atoms with van der Waals surface area (Å²) in [4.78, 5) is 13.6. The molecule has 0 radical (unpaired) electrons. The Kier molecular flexibility index (Phi) is 16.2. The van der Waals surface area contributed by atoms with E-state index in [1.807, 2.05) is 19.0 Å². The molecule has 0 rings (SSSR count). The molecule has 0 aromatic rings. The fourth-order valence-electron chi connectivity index (χ4n) is 3.27. The maximum absolute atomic E-state index is 11.6. The van der Waals surface area contributed by atoms with Crippen molar-refractivity contribution in [1.29, 1.82) is 0 Å². The van der Waals surface area contributed by atoms with Crippen LogP contribution in [0.3, 0.4) is 0 Å². The van der Waals surface area contributed by atoms with Gasteiger partial charge in [-0.1, -0.05) is 65.2 Å². The van der Waals surface area contributed by atoms with E-state index in [-0.39, 0.29) is 5.97 Å². The van der Waals surface area contributed by atoms with Gasteiger partial charge in [0.25, 0.3) is 0 Å². The first-order chi connectivity index (χ1) is 12.4. The van der Waals surface area contributed by atoms with Crippen molar-refractivity contribution in [3.63, 3.8) is 0 Å². The normalized spacial score (nSPS) is 11.9. The van der Waals surface area contributed by atoms with Crippen LogP contribution in [0.4, 0.5) is 0 Å². The van der Waals surface area contributed by atoms with Gasteiger partial charge in [0, 0.05) is 6.54 Å². The molecular formula is C22H45NO3. The van der Waals surface area contributed by atoms with E-state index < -0.39 is 5.60 Å². The van der Waals surface area contributed by atoms with Crippen LogP contribution in [0.15, 0.2) is 0 Å². The summed E-state index contributed by atoms with van der Waals surface area (Å²) >= 11 is 0. The van der Waals surface area contributed by atoms with Crippen molar-refractivity contribution in [2.75, 3.05) is 27.2 Å². The number of hydrogen-bond donors (Lipinski definition) is 1. The van der Waals surface area contributed by atoms with Crippen molar-refractivity contribution >= 4 is 5.97 Å². The number of esters is 1. The van der Waals surface area contributed by atoms with Crippen molar-refractivity contribution in [3.8, 4) is 0 Å². The first-order valence-electron chi connectivity index (χ1n) is 11.0. The van der Waals surface area contributed by atoms with E-state index in [4.69, 9.17) is 4.74 Å². The molecule has 0 aliphatic carbocycles. The number of carbonyl (C=O) groups excluding carboxylic acids is 1. The van der Waals surface area contributed by atoms with Gasteiger partial charge in [-0.05, 0) is 46.2 Å². The lowest BCUT2D eigenvalue weighted by atomic mass is 9.85. The number of nitrogens with zero attached hydrogens (tertiary/aromatic N) is 1. The Morgan fingerprint density at radius 2 is 1.35 bits per heavy atom. The van der Waals surface area contributed by atoms with Crippen LogP contribution in [0.5, 0.6) is 0 Å². The minimum absolute atomic E-state index is 0.118. The van der Waals surface area contributed by atoms with E-state index >= 15 is 0 Å². The largest absolute Gasteiger partial charge is 0.466 e. The molecular weight excluding hydrogens is 326 g/mol. The molecule has 0 bridgehead atoms. The lowest BCUT2D eigenvalue weighted by molar-refractivity contribution is -0.144. The molecule has 0 heterocycles. The summed E-state index contributed by atoms with van der Waals surface area (Å²) in [6.07, 6.45) is 14.6. The molecule has 0 aliphatic rings. The van der Waals surface area contributed by atoms with Crippen LogP contribution in [0, 0.1) is 0 Å². The lowest BCUT2D eigenvalue weighted by Gasteiger charge is -2.28. The highest BCUT2D eigenvalue weighted by Gasteiger charge is 2.25. The molecule has 0 saturated carbocycles. The van der Waals surface area contributed by atoms with Crippen molar-refractivity contribution in [3.05, 3.63) is 0 Å². The van der Waals surface area contributed by atoms with E-state index in [2.05, 4.69) is 13.8 Å². The number of unbranched alkanes of at least 4 members (excludes halogenated alkanes) is 7. The first kappa shape index (κ1) is 25.4. The van der Waals surface area contributed by atoms with Crippen LogP contribution in [0.25, 0.3) is 0 Å². The summed E-state index contributed by atoms with van der Waals surface area (Å²) in [7, 11) is 3.91. The molecule has 4 heteroatoms. The Hall–Kier alpha value is -0.610. The van der Waals surface area contributed by atoms with E-state index in [1.165, 1.54) is 38.5 Å². The van der Waals surface area contributed by atoms with E-state index in [0.29, 0.717) is 13.0 Å². The van der Waals surface area contributed by atoms with Gasteiger partial charge in [0.05, 0.1) is 18.6 Å². The molecule has 0 aromatic carbocycles. The number of carbonyl (C=O) groups is 1. The number of aliphatic hydroxyl groups is 1. The Bertz CT molecular complexity index is 319. The Balaban J connectivity index is 4.05. The molecule has 156 valence electrons.